The fraction of sp³-hybridized carbons (Fsp3) is 0.321. The van der Waals surface area contributed by atoms with Gasteiger partial charge < -0.3 is 24.8 Å². The van der Waals surface area contributed by atoms with E-state index in [2.05, 4.69) is 10.6 Å². The van der Waals surface area contributed by atoms with Crippen molar-refractivity contribution in [2.24, 2.45) is 0 Å². The van der Waals surface area contributed by atoms with Crippen LogP contribution >= 0.6 is 11.3 Å². The maximum atomic E-state index is 13.9. The van der Waals surface area contributed by atoms with Crippen molar-refractivity contribution >= 4 is 34.7 Å². The number of para-hydroxylation sites is 2. The second kappa shape index (κ2) is 12.5. The first-order chi connectivity index (χ1) is 18.1. The number of anilines is 1. The Hall–Kier alpha value is -4.05. The second-order valence-electron chi connectivity index (χ2n) is 9.35. The van der Waals surface area contributed by atoms with Crippen LogP contribution in [0.2, 0.25) is 0 Å². The molecule has 3 aromatic rings. The molecule has 9 nitrogen and oxygen atoms in total. The quantitative estimate of drug-likeness (QED) is 0.400. The minimum Gasteiger partial charge on any atom is -0.495 e. The Bertz CT molecular complexity index is 1270. The zero-order valence-corrected chi connectivity index (χ0v) is 23.2. The van der Waals surface area contributed by atoms with Crippen LogP contribution in [0.3, 0.4) is 0 Å². The summed E-state index contributed by atoms with van der Waals surface area (Å²) in [5.41, 5.74) is 0.261. The van der Waals surface area contributed by atoms with Gasteiger partial charge in [0.25, 0.3) is 5.91 Å². The number of carbonyl (C=O) groups excluding carboxylic acids is 3. The molecule has 0 radical (unpaired) electrons. The third kappa shape index (κ3) is 6.83. The molecule has 202 valence electrons. The molecule has 2 aromatic carbocycles. The number of methoxy groups -OCH3 is 3. The molecule has 10 heteroatoms. The van der Waals surface area contributed by atoms with E-state index in [1.54, 1.807) is 60.0 Å². The molecule has 38 heavy (non-hydrogen) atoms. The molecule has 0 aliphatic carbocycles. The standard InChI is InChI=1S/C28H33N3O6S/c1-28(2,3)30-27(34)25(18-13-14-21(36-5)22(16-18)37-6)31(19-10-7-8-11-20(19)35-4)24(32)17-29-26(33)23-12-9-15-38-23/h7-16,25H,17H2,1-6H3,(H,29,33)(H,30,34)/t25-/m0/s1. The summed E-state index contributed by atoms with van der Waals surface area (Å²) in [5, 5.41) is 7.43. The van der Waals surface area contributed by atoms with Crippen LogP contribution in [0.25, 0.3) is 0 Å². The number of ether oxygens (including phenoxy) is 3. The Kier molecular flexibility index (Phi) is 9.35. The summed E-state index contributed by atoms with van der Waals surface area (Å²) in [6.45, 7) is 5.22. The average Bonchev–Trinajstić information content (AvgIpc) is 3.44. The van der Waals surface area contributed by atoms with Crippen molar-refractivity contribution in [2.75, 3.05) is 32.8 Å². The first-order valence-electron chi connectivity index (χ1n) is 11.9. The normalized spacial score (nSPS) is 11.7. The molecular weight excluding hydrogens is 506 g/mol. The van der Waals surface area contributed by atoms with Gasteiger partial charge in [-0.25, -0.2) is 0 Å². The Morgan fingerprint density at radius 3 is 2.18 bits per heavy atom. The van der Waals surface area contributed by atoms with Gasteiger partial charge in [0.1, 0.15) is 11.8 Å². The van der Waals surface area contributed by atoms with Crippen LogP contribution in [-0.2, 0) is 9.59 Å². The predicted octanol–water partition coefficient (Wildman–Crippen LogP) is 4.19. The molecule has 1 atom stereocenters. The van der Waals surface area contributed by atoms with Gasteiger partial charge in [-0.2, -0.15) is 0 Å². The van der Waals surface area contributed by atoms with Gasteiger partial charge in [-0.05, 0) is 62.0 Å². The maximum absolute atomic E-state index is 13.9. The lowest BCUT2D eigenvalue weighted by atomic mass is 10.00. The van der Waals surface area contributed by atoms with E-state index in [0.717, 1.165) is 0 Å². The van der Waals surface area contributed by atoms with Gasteiger partial charge in [-0.1, -0.05) is 24.3 Å². The summed E-state index contributed by atoms with van der Waals surface area (Å²) in [7, 11) is 4.50. The highest BCUT2D eigenvalue weighted by Crippen LogP contribution is 2.38. The Morgan fingerprint density at radius 2 is 1.58 bits per heavy atom. The lowest BCUT2D eigenvalue weighted by molar-refractivity contribution is -0.127. The zero-order valence-electron chi connectivity index (χ0n) is 22.4. The molecule has 1 aromatic heterocycles. The third-order valence-corrected chi connectivity index (χ3v) is 6.36. The molecule has 2 N–H and O–H groups in total. The zero-order chi connectivity index (χ0) is 27.9. The average molecular weight is 540 g/mol. The summed E-state index contributed by atoms with van der Waals surface area (Å²) in [6.07, 6.45) is 0. The Morgan fingerprint density at radius 1 is 0.895 bits per heavy atom. The summed E-state index contributed by atoms with van der Waals surface area (Å²) >= 11 is 1.27. The van der Waals surface area contributed by atoms with Crippen LogP contribution in [0.15, 0.2) is 60.0 Å². The summed E-state index contributed by atoms with van der Waals surface area (Å²) in [6, 6.07) is 14.2. The summed E-state index contributed by atoms with van der Waals surface area (Å²) in [5.74, 6) is -0.0481. The summed E-state index contributed by atoms with van der Waals surface area (Å²) in [4.78, 5) is 42.1. The number of hydrogen-bond acceptors (Lipinski definition) is 7. The number of nitrogens with one attached hydrogen (secondary N) is 2. The van der Waals surface area contributed by atoms with Crippen molar-refractivity contribution in [1.29, 1.82) is 0 Å². The van der Waals surface area contributed by atoms with Crippen molar-refractivity contribution in [3.8, 4) is 17.2 Å². The van der Waals surface area contributed by atoms with Crippen molar-refractivity contribution < 1.29 is 28.6 Å². The van der Waals surface area contributed by atoms with Crippen LogP contribution < -0.4 is 29.7 Å². The molecule has 0 aliphatic heterocycles. The number of nitrogens with zero attached hydrogens (tertiary/aromatic N) is 1. The molecule has 0 fully saturated rings. The molecule has 1 heterocycles. The SMILES string of the molecule is COc1ccc([C@@H](C(=O)NC(C)(C)C)N(C(=O)CNC(=O)c2cccs2)c2ccccc2OC)cc1OC. The van der Waals surface area contributed by atoms with Crippen molar-refractivity contribution in [3.05, 3.63) is 70.4 Å². The van der Waals surface area contributed by atoms with Crippen LogP contribution in [0, 0.1) is 0 Å². The minimum absolute atomic E-state index is 0.346. The first kappa shape index (κ1) is 28.5. The molecule has 0 saturated carbocycles. The van der Waals surface area contributed by atoms with Gasteiger partial charge in [-0.15, -0.1) is 11.3 Å². The van der Waals surface area contributed by atoms with Crippen LogP contribution in [0.4, 0.5) is 5.69 Å². The molecular formula is C28H33N3O6S. The van der Waals surface area contributed by atoms with E-state index in [9.17, 15) is 14.4 Å². The van der Waals surface area contributed by atoms with E-state index >= 15 is 0 Å². The molecule has 3 rings (SSSR count). The number of hydrogen-bond donors (Lipinski definition) is 2. The van der Waals surface area contributed by atoms with E-state index in [1.807, 2.05) is 20.8 Å². The van der Waals surface area contributed by atoms with Crippen LogP contribution in [0.1, 0.15) is 42.0 Å². The smallest absolute Gasteiger partial charge is 0.261 e. The molecule has 3 amide bonds. The fourth-order valence-corrected chi connectivity index (χ4v) is 4.50. The Balaban J connectivity index is 2.13. The number of amides is 3. The number of benzene rings is 2. The maximum Gasteiger partial charge on any atom is 0.261 e. The largest absolute Gasteiger partial charge is 0.495 e. The highest BCUT2D eigenvalue weighted by Gasteiger charge is 2.36. The fourth-order valence-electron chi connectivity index (χ4n) is 3.86. The molecule has 0 unspecified atom stereocenters. The molecule has 0 saturated heterocycles. The lowest BCUT2D eigenvalue weighted by Gasteiger charge is -2.34. The van der Waals surface area contributed by atoms with Gasteiger partial charge in [-0.3, -0.25) is 19.3 Å². The second-order valence-corrected chi connectivity index (χ2v) is 10.3. The highest BCUT2D eigenvalue weighted by atomic mass is 32.1. The lowest BCUT2D eigenvalue weighted by Crippen LogP contribution is -2.51. The minimum atomic E-state index is -1.13. The highest BCUT2D eigenvalue weighted by molar-refractivity contribution is 7.12. The van der Waals surface area contributed by atoms with E-state index in [4.69, 9.17) is 14.2 Å². The van der Waals surface area contributed by atoms with Crippen LogP contribution in [-0.4, -0.2) is 51.1 Å². The molecule has 0 spiro atoms. The first-order valence-corrected chi connectivity index (χ1v) is 12.8. The number of carbonyl (C=O) groups is 3. The monoisotopic (exact) mass is 539 g/mol. The van der Waals surface area contributed by atoms with E-state index < -0.39 is 23.4 Å². The van der Waals surface area contributed by atoms with Crippen molar-refractivity contribution in [2.45, 2.75) is 32.4 Å². The van der Waals surface area contributed by atoms with Gasteiger partial charge >= 0.3 is 0 Å². The van der Waals surface area contributed by atoms with Crippen molar-refractivity contribution in [3.63, 3.8) is 0 Å². The Labute approximate surface area is 226 Å². The molecule has 0 aliphatic rings. The van der Waals surface area contributed by atoms with E-state index in [0.29, 0.717) is 33.4 Å². The topological polar surface area (TPSA) is 106 Å². The van der Waals surface area contributed by atoms with Crippen LogP contribution in [0.5, 0.6) is 17.2 Å². The third-order valence-electron chi connectivity index (χ3n) is 5.49. The van der Waals surface area contributed by atoms with Gasteiger partial charge in [0.2, 0.25) is 11.8 Å². The number of rotatable bonds is 10. The van der Waals surface area contributed by atoms with E-state index in [-0.39, 0.29) is 12.5 Å². The predicted molar refractivity (Wildman–Crippen MR) is 147 cm³/mol. The van der Waals surface area contributed by atoms with Crippen molar-refractivity contribution in [1.82, 2.24) is 10.6 Å². The van der Waals surface area contributed by atoms with Gasteiger partial charge in [0.05, 0.1) is 38.4 Å². The van der Waals surface area contributed by atoms with Gasteiger partial charge in [0.15, 0.2) is 11.5 Å². The molecule has 0 bridgehead atoms. The van der Waals surface area contributed by atoms with E-state index in [1.165, 1.54) is 37.6 Å². The van der Waals surface area contributed by atoms with Gasteiger partial charge in [0, 0.05) is 5.54 Å². The summed E-state index contributed by atoms with van der Waals surface area (Å²) < 4.78 is 16.4. The number of thiophene rings is 1.